The van der Waals surface area contributed by atoms with E-state index in [-0.39, 0.29) is 12.1 Å². The van der Waals surface area contributed by atoms with E-state index in [9.17, 15) is 9.59 Å². The number of halogens is 1. The molecular formula is C20H30ClN3O3. The third-order valence-electron chi connectivity index (χ3n) is 4.48. The lowest BCUT2D eigenvalue weighted by molar-refractivity contribution is 0.0176. The fourth-order valence-corrected chi connectivity index (χ4v) is 3.27. The zero-order chi connectivity index (χ0) is 20.0. The van der Waals surface area contributed by atoms with Gasteiger partial charge in [0.15, 0.2) is 0 Å². The van der Waals surface area contributed by atoms with Gasteiger partial charge in [0.1, 0.15) is 5.60 Å². The smallest absolute Gasteiger partial charge is 0.410 e. The fraction of sp³-hybridized carbons (Fsp3) is 0.600. The highest BCUT2D eigenvalue weighted by atomic mass is 35.5. The topological polar surface area (TPSA) is 61.9 Å². The lowest BCUT2D eigenvalue weighted by atomic mass is 9.96. The summed E-state index contributed by atoms with van der Waals surface area (Å²) in [4.78, 5) is 27.9. The van der Waals surface area contributed by atoms with E-state index in [4.69, 9.17) is 16.3 Å². The Balaban J connectivity index is 1.72. The van der Waals surface area contributed by atoms with Gasteiger partial charge < -0.3 is 19.9 Å². The van der Waals surface area contributed by atoms with Crippen molar-refractivity contribution < 1.29 is 14.3 Å². The van der Waals surface area contributed by atoms with Gasteiger partial charge in [0.2, 0.25) is 0 Å². The van der Waals surface area contributed by atoms with Crippen molar-refractivity contribution >= 4 is 23.7 Å². The average molecular weight is 396 g/mol. The number of ether oxygens (including phenoxy) is 1. The molecule has 7 heteroatoms. The molecule has 1 heterocycles. The van der Waals surface area contributed by atoms with Gasteiger partial charge in [0.25, 0.3) is 0 Å². The van der Waals surface area contributed by atoms with Gasteiger partial charge in [-0.15, -0.1) is 0 Å². The maximum absolute atomic E-state index is 12.3. The molecule has 0 spiro atoms. The van der Waals surface area contributed by atoms with Crippen LogP contribution in [0.5, 0.6) is 0 Å². The summed E-state index contributed by atoms with van der Waals surface area (Å²) in [5.74, 6) is 0.380. The lowest BCUT2D eigenvalue weighted by Gasteiger charge is -2.34. The number of likely N-dealkylation sites (tertiary alicyclic amines) is 1. The van der Waals surface area contributed by atoms with Gasteiger partial charge in [-0.25, -0.2) is 9.59 Å². The van der Waals surface area contributed by atoms with E-state index in [1.54, 1.807) is 16.8 Å². The number of nitrogens with zero attached hydrogens (tertiary/aromatic N) is 2. The molecule has 1 saturated heterocycles. The summed E-state index contributed by atoms with van der Waals surface area (Å²) < 4.78 is 5.42. The second kappa shape index (κ2) is 9.31. The second-order valence-corrected chi connectivity index (χ2v) is 8.52. The molecule has 0 bridgehead atoms. The average Bonchev–Trinajstić information content (AvgIpc) is 2.58. The van der Waals surface area contributed by atoms with Crippen molar-refractivity contribution in [1.29, 1.82) is 0 Å². The second-order valence-electron chi connectivity index (χ2n) is 8.08. The molecule has 2 rings (SSSR count). The number of piperidine rings is 1. The Morgan fingerprint density at radius 2 is 1.96 bits per heavy atom. The summed E-state index contributed by atoms with van der Waals surface area (Å²) in [6.45, 7) is 8.05. The van der Waals surface area contributed by atoms with Gasteiger partial charge in [-0.3, -0.25) is 0 Å². The van der Waals surface area contributed by atoms with Crippen LogP contribution in [0.2, 0.25) is 5.02 Å². The zero-order valence-corrected chi connectivity index (χ0v) is 17.4. The molecule has 1 fully saturated rings. The molecule has 0 atom stereocenters. The summed E-state index contributed by atoms with van der Waals surface area (Å²) in [6, 6.07) is 7.34. The number of rotatable bonds is 4. The molecule has 1 aliphatic heterocycles. The van der Waals surface area contributed by atoms with E-state index >= 15 is 0 Å². The summed E-state index contributed by atoms with van der Waals surface area (Å²) >= 11 is 5.96. The zero-order valence-electron chi connectivity index (χ0n) is 16.6. The van der Waals surface area contributed by atoms with E-state index in [1.165, 1.54) is 0 Å². The lowest BCUT2D eigenvalue weighted by Crippen LogP contribution is -2.45. The number of amides is 3. The minimum Gasteiger partial charge on any atom is -0.444 e. The number of nitrogens with one attached hydrogen (secondary N) is 1. The molecule has 1 aromatic carbocycles. The molecule has 0 aliphatic carbocycles. The van der Waals surface area contributed by atoms with Crippen LogP contribution in [0.3, 0.4) is 0 Å². The summed E-state index contributed by atoms with van der Waals surface area (Å²) in [7, 11) is 1.80. The van der Waals surface area contributed by atoms with Crippen molar-refractivity contribution in [3.05, 3.63) is 34.9 Å². The van der Waals surface area contributed by atoms with Crippen LogP contribution in [0.1, 0.15) is 39.2 Å². The van der Waals surface area contributed by atoms with Crippen LogP contribution < -0.4 is 5.32 Å². The van der Waals surface area contributed by atoms with Crippen LogP contribution in [0.25, 0.3) is 0 Å². The molecule has 1 aliphatic rings. The third-order valence-corrected chi connectivity index (χ3v) is 4.71. The SMILES string of the molecule is CN(CC1CCN(C(=O)OC(C)(C)C)CC1)C(=O)NCc1cccc(Cl)c1. The standard InChI is InChI=1S/C20H30ClN3O3/c1-20(2,3)27-19(26)24-10-8-15(9-11-24)14-23(4)18(25)22-13-16-6-5-7-17(21)12-16/h5-7,12,15H,8-11,13-14H2,1-4H3,(H,22,25). The summed E-state index contributed by atoms with van der Waals surface area (Å²) in [6.07, 6.45) is 1.48. The largest absolute Gasteiger partial charge is 0.444 e. The molecule has 0 saturated carbocycles. The minimum absolute atomic E-state index is 0.107. The van der Waals surface area contributed by atoms with Crippen LogP contribution in [0.4, 0.5) is 9.59 Å². The first-order valence-corrected chi connectivity index (χ1v) is 9.73. The number of benzene rings is 1. The predicted molar refractivity (Wildman–Crippen MR) is 107 cm³/mol. The van der Waals surface area contributed by atoms with Crippen LogP contribution in [0, 0.1) is 5.92 Å². The molecule has 1 N–H and O–H groups in total. The van der Waals surface area contributed by atoms with Crippen LogP contribution in [0.15, 0.2) is 24.3 Å². The van der Waals surface area contributed by atoms with Gasteiger partial charge >= 0.3 is 12.1 Å². The Hall–Kier alpha value is -1.95. The van der Waals surface area contributed by atoms with E-state index in [2.05, 4.69) is 5.32 Å². The van der Waals surface area contributed by atoms with Gasteiger partial charge in [-0.05, 0) is 57.2 Å². The van der Waals surface area contributed by atoms with E-state index in [1.807, 2.05) is 45.0 Å². The van der Waals surface area contributed by atoms with Crippen molar-refractivity contribution in [3.63, 3.8) is 0 Å². The highest BCUT2D eigenvalue weighted by Crippen LogP contribution is 2.20. The molecular weight excluding hydrogens is 366 g/mol. The maximum atomic E-state index is 12.3. The third kappa shape index (κ3) is 7.29. The van der Waals surface area contributed by atoms with Crippen LogP contribution in [-0.4, -0.2) is 54.2 Å². The minimum atomic E-state index is -0.477. The maximum Gasteiger partial charge on any atom is 0.410 e. The molecule has 3 amide bonds. The predicted octanol–water partition coefficient (Wildman–Crippen LogP) is 4.13. The Morgan fingerprint density at radius 3 is 2.56 bits per heavy atom. The quantitative estimate of drug-likeness (QED) is 0.833. The Morgan fingerprint density at radius 1 is 1.30 bits per heavy atom. The fourth-order valence-electron chi connectivity index (χ4n) is 3.05. The monoisotopic (exact) mass is 395 g/mol. The molecule has 1 aromatic rings. The van der Waals surface area contributed by atoms with Crippen molar-refractivity contribution in [2.75, 3.05) is 26.7 Å². The first-order valence-electron chi connectivity index (χ1n) is 9.35. The van der Waals surface area contributed by atoms with E-state index < -0.39 is 5.60 Å². The normalized spacial score (nSPS) is 15.4. The number of urea groups is 1. The molecule has 0 unspecified atom stereocenters. The van der Waals surface area contributed by atoms with E-state index in [0.29, 0.717) is 37.1 Å². The van der Waals surface area contributed by atoms with Crippen molar-refractivity contribution in [2.24, 2.45) is 5.92 Å². The summed E-state index contributed by atoms with van der Waals surface area (Å²) in [5, 5.41) is 3.57. The molecule has 6 nitrogen and oxygen atoms in total. The number of hydrogen-bond donors (Lipinski definition) is 1. The van der Waals surface area contributed by atoms with E-state index in [0.717, 1.165) is 18.4 Å². The number of carbonyl (C=O) groups excluding carboxylic acids is 2. The highest BCUT2D eigenvalue weighted by Gasteiger charge is 2.27. The number of carbonyl (C=O) groups is 2. The Labute approximate surface area is 166 Å². The highest BCUT2D eigenvalue weighted by molar-refractivity contribution is 6.30. The Bertz CT molecular complexity index is 652. The van der Waals surface area contributed by atoms with Gasteiger partial charge in [0.05, 0.1) is 0 Å². The van der Waals surface area contributed by atoms with Crippen molar-refractivity contribution in [1.82, 2.24) is 15.1 Å². The van der Waals surface area contributed by atoms with Crippen molar-refractivity contribution in [3.8, 4) is 0 Å². The van der Waals surface area contributed by atoms with Crippen LogP contribution >= 0.6 is 11.6 Å². The first kappa shape index (κ1) is 21.4. The Kier molecular flexibility index (Phi) is 7.36. The molecule has 0 radical (unpaired) electrons. The van der Waals surface area contributed by atoms with Crippen molar-refractivity contribution in [2.45, 2.75) is 45.8 Å². The molecule has 0 aromatic heterocycles. The number of hydrogen-bond acceptors (Lipinski definition) is 3. The van der Waals surface area contributed by atoms with Gasteiger partial charge in [-0.2, -0.15) is 0 Å². The first-order chi connectivity index (χ1) is 12.6. The summed E-state index contributed by atoms with van der Waals surface area (Å²) in [5.41, 5.74) is 0.491. The molecule has 27 heavy (non-hydrogen) atoms. The van der Waals surface area contributed by atoms with Gasteiger partial charge in [-0.1, -0.05) is 23.7 Å². The van der Waals surface area contributed by atoms with Gasteiger partial charge in [0, 0.05) is 38.2 Å². The van der Waals surface area contributed by atoms with Crippen LogP contribution in [-0.2, 0) is 11.3 Å². The molecule has 150 valence electrons.